The molecule has 0 aliphatic rings. The number of furan rings is 2. The molecule has 0 radical (unpaired) electrons. The van der Waals surface area contributed by atoms with Gasteiger partial charge >= 0.3 is 0 Å². The Morgan fingerprint density at radius 1 is 0.364 bits per heavy atom. The van der Waals surface area contributed by atoms with E-state index in [-0.39, 0.29) is 0 Å². The third-order valence-electron chi connectivity index (χ3n) is 13.4. The minimum absolute atomic E-state index is 0.516. The summed E-state index contributed by atoms with van der Waals surface area (Å²) in [6.45, 7) is 0. The van der Waals surface area contributed by atoms with Gasteiger partial charge in [-0.3, -0.25) is 4.57 Å². The molecule has 0 saturated heterocycles. The number of benzene rings is 10. The van der Waals surface area contributed by atoms with Gasteiger partial charge in [0.2, 0.25) is 5.95 Å². The zero-order valence-electron chi connectivity index (χ0n) is 35.0. The van der Waals surface area contributed by atoms with Crippen molar-refractivity contribution in [2.75, 3.05) is 0 Å². The maximum Gasteiger partial charge on any atom is 0.238 e. The molecule has 5 heterocycles. The van der Waals surface area contributed by atoms with Crippen molar-refractivity contribution in [2.24, 2.45) is 0 Å². The second-order valence-corrected chi connectivity index (χ2v) is 18.1. The molecule has 6 nitrogen and oxygen atoms in total. The van der Waals surface area contributed by atoms with Crippen LogP contribution in [-0.2, 0) is 0 Å². The Morgan fingerprint density at radius 2 is 0.879 bits per heavy atom. The van der Waals surface area contributed by atoms with Crippen LogP contribution < -0.4 is 0 Å². The van der Waals surface area contributed by atoms with Crippen molar-refractivity contribution in [3.05, 3.63) is 194 Å². The quantitative estimate of drug-likeness (QED) is 0.176. The number of nitrogens with zero attached hydrogens (tertiary/aromatic N) is 4. The number of hydrogen-bond acceptors (Lipinski definition) is 6. The second-order valence-electron chi connectivity index (χ2n) is 17.1. The van der Waals surface area contributed by atoms with Crippen molar-refractivity contribution >= 4 is 119 Å². The highest BCUT2D eigenvalue weighted by atomic mass is 32.1. The SMILES string of the molecule is c1ccc2c(c1)ccc1sc3c(-c4cccc5c6ccc7ccccc7c6n(-c6nc(-c7ccc8c(c7)oc7ccccc78)nc(-c7ccc8c(c7)oc7ccccc78)n6)c45)cccc3c12. The maximum atomic E-state index is 6.43. The molecule has 0 unspecified atom stereocenters. The average Bonchev–Trinajstić information content (AvgIpc) is 4.15. The molecule has 0 atom stereocenters. The summed E-state index contributed by atoms with van der Waals surface area (Å²) in [6, 6.07) is 68.5. The Kier molecular flexibility index (Phi) is 7.28. The number of aromatic nitrogens is 4. The van der Waals surface area contributed by atoms with Crippen LogP contribution in [0.3, 0.4) is 0 Å². The van der Waals surface area contributed by atoms with Gasteiger partial charge < -0.3 is 8.83 Å². The van der Waals surface area contributed by atoms with E-state index in [1.165, 1.54) is 30.9 Å². The molecular formula is C59H32N4O2S. The summed E-state index contributed by atoms with van der Waals surface area (Å²) in [5.41, 5.74) is 9.21. The van der Waals surface area contributed by atoms with Crippen molar-refractivity contribution in [1.82, 2.24) is 19.5 Å². The summed E-state index contributed by atoms with van der Waals surface area (Å²) in [7, 11) is 0. The summed E-state index contributed by atoms with van der Waals surface area (Å²) in [4.78, 5) is 16.2. The molecule has 306 valence electrons. The lowest BCUT2D eigenvalue weighted by atomic mass is 9.98. The molecule has 0 fully saturated rings. The van der Waals surface area contributed by atoms with Crippen LogP contribution in [0.1, 0.15) is 0 Å². The van der Waals surface area contributed by atoms with Gasteiger partial charge in [-0.2, -0.15) is 9.97 Å². The number of fused-ring (bicyclic) bond motifs is 16. The van der Waals surface area contributed by atoms with E-state index in [1.54, 1.807) is 0 Å². The van der Waals surface area contributed by atoms with Crippen LogP contribution in [0.4, 0.5) is 0 Å². The number of para-hydroxylation sites is 3. The van der Waals surface area contributed by atoms with Crippen LogP contribution in [0.2, 0.25) is 0 Å². The van der Waals surface area contributed by atoms with Gasteiger partial charge in [0, 0.05) is 80.1 Å². The van der Waals surface area contributed by atoms with E-state index in [0.29, 0.717) is 17.6 Å². The zero-order valence-corrected chi connectivity index (χ0v) is 35.8. The van der Waals surface area contributed by atoms with Crippen LogP contribution in [0.25, 0.3) is 147 Å². The van der Waals surface area contributed by atoms with Gasteiger partial charge in [0.05, 0.1) is 11.0 Å². The fourth-order valence-corrected chi connectivity index (χ4v) is 11.7. The highest BCUT2D eigenvalue weighted by Crippen LogP contribution is 2.47. The van der Waals surface area contributed by atoms with Crippen molar-refractivity contribution in [1.29, 1.82) is 0 Å². The van der Waals surface area contributed by atoms with Gasteiger partial charge in [0.1, 0.15) is 22.3 Å². The van der Waals surface area contributed by atoms with E-state index in [9.17, 15) is 0 Å². The van der Waals surface area contributed by atoms with Gasteiger partial charge in [0.15, 0.2) is 11.6 Å². The molecule has 10 aromatic carbocycles. The highest BCUT2D eigenvalue weighted by Gasteiger charge is 2.24. The minimum atomic E-state index is 0.516. The Bertz CT molecular complexity index is 4420. The summed E-state index contributed by atoms with van der Waals surface area (Å²) in [5.74, 6) is 1.59. The van der Waals surface area contributed by atoms with Crippen LogP contribution in [-0.4, -0.2) is 19.5 Å². The Labute approximate surface area is 379 Å². The lowest BCUT2D eigenvalue weighted by Crippen LogP contribution is -2.07. The molecule has 0 amide bonds. The summed E-state index contributed by atoms with van der Waals surface area (Å²) >= 11 is 1.85. The standard InChI is InChI=1S/C59H32N4O2S/c1-3-13-37-33(11-1)26-30-52-53(37)47-20-10-19-46(56(47)66-52)44-18-9-17-43-45-29-23-34-12-2-4-14-38(34)54(45)63(55(43)44)59-61-57(35-24-27-41-39-15-5-7-21-48(39)64-50(41)31-35)60-58(62-59)36-25-28-42-40-16-6-8-22-49(40)65-51(42)32-36/h1-32H. The fourth-order valence-electron chi connectivity index (χ4n) is 10.5. The normalized spacial score (nSPS) is 12.2. The molecule has 5 aromatic heterocycles. The van der Waals surface area contributed by atoms with Gasteiger partial charge in [-0.1, -0.05) is 152 Å². The van der Waals surface area contributed by atoms with E-state index in [4.69, 9.17) is 23.8 Å². The summed E-state index contributed by atoms with van der Waals surface area (Å²) < 4.78 is 17.7. The molecule has 66 heavy (non-hydrogen) atoms. The zero-order chi connectivity index (χ0) is 43.0. The number of rotatable bonds is 4. The van der Waals surface area contributed by atoms with Crippen molar-refractivity contribution in [3.63, 3.8) is 0 Å². The lowest BCUT2D eigenvalue weighted by Gasteiger charge is -2.14. The van der Waals surface area contributed by atoms with E-state index in [1.807, 2.05) is 47.7 Å². The van der Waals surface area contributed by atoms with Crippen LogP contribution in [0.15, 0.2) is 203 Å². The van der Waals surface area contributed by atoms with Crippen LogP contribution in [0, 0.1) is 0 Å². The smallest absolute Gasteiger partial charge is 0.238 e. The molecule has 0 spiro atoms. The van der Waals surface area contributed by atoms with E-state index >= 15 is 0 Å². The average molecular weight is 861 g/mol. The molecule has 0 aliphatic heterocycles. The highest BCUT2D eigenvalue weighted by molar-refractivity contribution is 7.26. The monoisotopic (exact) mass is 860 g/mol. The lowest BCUT2D eigenvalue weighted by molar-refractivity contribution is 0.668. The van der Waals surface area contributed by atoms with E-state index in [2.05, 4.69) is 162 Å². The Balaban J connectivity index is 1.05. The van der Waals surface area contributed by atoms with Gasteiger partial charge in [-0.15, -0.1) is 11.3 Å². The molecule has 15 aromatic rings. The predicted molar refractivity (Wildman–Crippen MR) is 273 cm³/mol. The largest absolute Gasteiger partial charge is 0.456 e. The molecule has 0 bridgehead atoms. The first kappa shape index (κ1) is 35.8. The minimum Gasteiger partial charge on any atom is -0.456 e. The topological polar surface area (TPSA) is 69.9 Å². The molecule has 15 rings (SSSR count). The molecule has 0 saturated carbocycles. The van der Waals surface area contributed by atoms with E-state index < -0.39 is 0 Å². The van der Waals surface area contributed by atoms with Crippen LogP contribution in [0.5, 0.6) is 0 Å². The summed E-state index contributed by atoms with van der Waals surface area (Å²) in [6.07, 6.45) is 0. The first-order valence-corrected chi connectivity index (χ1v) is 22.9. The number of thiophene rings is 1. The second kappa shape index (κ2) is 13.4. The molecule has 7 heteroatoms. The van der Waals surface area contributed by atoms with Gasteiger partial charge in [0.25, 0.3) is 0 Å². The third-order valence-corrected chi connectivity index (χ3v) is 14.7. The molecule has 0 aliphatic carbocycles. The first-order valence-electron chi connectivity index (χ1n) is 22.1. The first-order chi connectivity index (χ1) is 32.7. The fraction of sp³-hybridized carbons (Fsp3) is 0. The predicted octanol–water partition coefficient (Wildman–Crippen LogP) is 16.4. The Morgan fingerprint density at radius 3 is 1.58 bits per heavy atom. The maximum absolute atomic E-state index is 6.43. The van der Waals surface area contributed by atoms with Crippen molar-refractivity contribution in [2.45, 2.75) is 0 Å². The van der Waals surface area contributed by atoms with Crippen molar-refractivity contribution in [3.8, 4) is 39.9 Å². The summed E-state index contributed by atoms with van der Waals surface area (Å²) in [5, 5.41) is 13.8. The van der Waals surface area contributed by atoms with Crippen LogP contribution >= 0.6 is 11.3 Å². The number of hydrogen-bond donors (Lipinski definition) is 0. The molecular weight excluding hydrogens is 829 g/mol. The van der Waals surface area contributed by atoms with Crippen molar-refractivity contribution < 1.29 is 8.83 Å². The van der Waals surface area contributed by atoms with Gasteiger partial charge in [-0.05, 0) is 58.6 Å². The third kappa shape index (κ3) is 5.08. The molecule has 0 N–H and O–H groups in total. The van der Waals surface area contributed by atoms with Gasteiger partial charge in [-0.25, -0.2) is 4.98 Å². The Hall–Kier alpha value is -8.65. The van der Waals surface area contributed by atoms with E-state index in [0.717, 1.165) is 98.7 Å².